The molecule has 0 atom stereocenters. The Balaban J connectivity index is 2.11. The Labute approximate surface area is 85.4 Å². The lowest BCUT2D eigenvalue weighted by molar-refractivity contribution is 0.102. The van der Waals surface area contributed by atoms with Crippen LogP contribution in [-0.4, -0.2) is 10.9 Å². The number of hydrogen-bond donors (Lipinski definition) is 1. The SMILES string of the molecule is O=C(Nc1cscn1)c1ccccc1. The molecule has 1 aromatic heterocycles. The summed E-state index contributed by atoms with van der Waals surface area (Å²) < 4.78 is 0. The highest BCUT2D eigenvalue weighted by Crippen LogP contribution is 2.08. The summed E-state index contributed by atoms with van der Waals surface area (Å²) in [6.45, 7) is 0. The van der Waals surface area contributed by atoms with Crippen LogP contribution in [0.2, 0.25) is 0 Å². The second-order valence-corrected chi connectivity index (χ2v) is 3.41. The quantitative estimate of drug-likeness (QED) is 0.816. The number of benzene rings is 1. The topological polar surface area (TPSA) is 42.0 Å². The van der Waals surface area contributed by atoms with E-state index in [-0.39, 0.29) is 5.91 Å². The lowest BCUT2D eigenvalue weighted by atomic mass is 10.2. The normalized spacial score (nSPS) is 9.71. The first-order valence-corrected chi connectivity index (χ1v) is 5.05. The lowest BCUT2D eigenvalue weighted by Gasteiger charge is -2.00. The van der Waals surface area contributed by atoms with Crippen LogP contribution in [0.4, 0.5) is 5.82 Å². The van der Waals surface area contributed by atoms with Crippen LogP contribution >= 0.6 is 11.3 Å². The van der Waals surface area contributed by atoms with Gasteiger partial charge in [-0.1, -0.05) is 18.2 Å². The molecule has 0 aliphatic heterocycles. The van der Waals surface area contributed by atoms with Gasteiger partial charge in [-0.3, -0.25) is 4.79 Å². The number of rotatable bonds is 2. The molecule has 0 bridgehead atoms. The van der Waals surface area contributed by atoms with Gasteiger partial charge in [-0.25, -0.2) is 4.98 Å². The van der Waals surface area contributed by atoms with Crippen molar-refractivity contribution in [3.8, 4) is 0 Å². The Morgan fingerprint density at radius 1 is 1.29 bits per heavy atom. The first kappa shape index (κ1) is 8.90. The first-order valence-electron chi connectivity index (χ1n) is 4.11. The molecule has 4 heteroatoms. The largest absolute Gasteiger partial charge is 0.306 e. The van der Waals surface area contributed by atoms with E-state index < -0.39 is 0 Å². The van der Waals surface area contributed by atoms with E-state index in [1.807, 2.05) is 18.2 Å². The monoisotopic (exact) mass is 204 g/mol. The Kier molecular flexibility index (Phi) is 2.55. The van der Waals surface area contributed by atoms with E-state index in [0.717, 1.165) is 0 Å². The van der Waals surface area contributed by atoms with Crippen LogP contribution in [0.25, 0.3) is 0 Å². The van der Waals surface area contributed by atoms with Crippen molar-refractivity contribution in [3.05, 3.63) is 46.8 Å². The third kappa shape index (κ3) is 1.97. The fourth-order valence-corrected chi connectivity index (χ4v) is 1.54. The smallest absolute Gasteiger partial charge is 0.256 e. The second kappa shape index (κ2) is 4.02. The highest BCUT2D eigenvalue weighted by Gasteiger charge is 2.04. The van der Waals surface area contributed by atoms with E-state index in [4.69, 9.17) is 0 Å². The van der Waals surface area contributed by atoms with Crippen LogP contribution in [-0.2, 0) is 0 Å². The van der Waals surface area contributed by atoms with E-state index in [1.165, 1.54) is 11.3 Å². The number of hydrogen-bond acceptors (Lipinski definition) is 3. The maximum atomic E-state index is 11.6. The van der Waals surface area contributed by atoms with Crippen LogP contribution in [0.15, 0.2) is 41.2 Å². The summed E-state index contributed by atoms with van der Waals surface area (Å²) in [6.07, 6.45) is 0. The van der Waals surface area contributed by atoms with Crippen LogP contribution in [0, 0.1) is 0 Å². The summed E-state index contributed by atoms with van der Waals surface area (Å²) >= 11 is 1.45. The Morgan fingerprint density at radius 2 is 2.07 bits per heavy atom. The van der Waals surface area contributed by atoms with Crippen molar-refractivity contribution in [3.63, 3.8) is 0 Å². The number of amides is 1. The van der Waals surface area contributed by atoms with Gasteiger partial charge in [0.1, 0.15) is 5.82 Å². The molecule has 0 unspecified atom stereocenters. The van der Waals surface area contributed by atoms with Gasteiger partial charge in [0, 0.05) is 10.9 Å². The Bertz CT molecular complexity index is 411. The minimum Gasteiger partial charge on any atom is -0.306 e. The molecule has 1 amide bonds. The zero-order valence-electron chi connectivity index (χ0n) is 7.31. The summed E-state index contributed by atoms with van der Waals surface area (Å²) in [4.78, 5) is 15.5. The number of nitrogens with one attached hydrogen (secondary N) is 1. The van der Waals surface area contributed by atoms with Crippen LogP contribution in [0.3, 0.4) is 0 Å². The summed E-state index contributed by atoms with van der Waals surface area (Å²) in [5.74, 6) is 0.473. The molecule has 0 fully saturated rings. The molecule has 0 saturated heterocycles. The predicted molar refractivity (Wildman–Crippen MR) is 56.5 cm³/mol. The van der Waals surface area contributed by atoms with Crippen molar-refractivity contribution in [2.75, 3.05) is 5.32 Å². The number of carbonyl (C=O) groups is 1. The molecular weight excluding hydrogens is 196 g/mol. The second-order valence-electron chi connectivity index (χ2n) is 2.69. The molecule has 2 rings (SSSR count). The molecule has 0 spiro atoms. The average Bonchev–Trinajstić information content (AvgIpc) is 2.72. The minimum atomic E-state index is -0.128. The highest BCUT2D eigenvalue weighted by atomic mass is 32.1. The predicted octanol–water partition coefficient (Wildman–Crippen LogP) is 2.40. The van der Waals surface area contributed by atoms with Gasteiger partial charge >= 0.3 is 0 Å². The molecular formula is C10H8N2OS. The number of aromatic nitrogens is 1. The van der Waals surface area contributed by atoms with Gasteiger partial charge in [0.25, 0.3) is 5.91 Å². The molecule has 3 nitrogen and oxygen atoms in total. The van der Waals surface area contributed by atoms with Gasteiger partial charge in [-0.05, 0) is 12.1 Å². The molecule has 70 valence electrons. The van der Waals surface area contributed by atoms with Crippen molar-refractivity contribution in [2.45, 2.75) is 0 Å². The van der Waals surface area contributed by atoms with Gasteiger partial charge in [-0.2, -0.15) is 0 Å². The van der Waals surface area contributed by atoms with Gasteiger partial charge < -0.3 is 5.32 Å². The van der Waals surface area contributed by atoms with E-state index >= 15 is 0 Å². The fourth-order valence-electron chi connectivity index (χ4n) is 1.05. The van der Waals surface area contributed by atoms with E-state index in [0.29, 0.717) is 11.4 Å². The molecule has 0 aliphatic carbocycles. The Hall–Kier alpha value is -1.68. The molecule has 1 N–H and O–H groups in total. The number of thiazole rings is 1. The van der Waals surface area contributed by atoms with E-state index in [1.54, 1.807) is 23.0 Å². The van der Waals surface area contributed by atoms with Crippen molar-refractivity contribution in [2.24, 2.45) is 0 Å². The van der Waals surface area contributed by atoms with Gasteiger partial charge in [-0.15, -0.1) is 11.3 Å². The minimum absolute atomic E-state index is 0.128. The maximum Gasteiger partial charge on any atom is 0.256 e. The van der Waals surface area contributed by atoms with Crippen molar-refractivity contribution in [1.82, 2.24) is 4.98 Å². The van der Waals surface area contributed by atoms with E-state index in [2.05, 4.69) is 10.3 Å². The molecule has 0 aliphatic rings. The van der Waals surface area contributed by atoms with Crippen LogP contribution in [0.1, 0.15) is 10.4 Å². The summed E-state index contributed by atoms with van der Waals surface area (Å²) in [5.41, 5.74) is 2.32. The van der Waals surface area contributed by atoms with Crippen molar-refractivity contribution < 1.29 is 4.79 Å². The fraction of sp³-hybridized carbons (Fsp3) is 0. The van der Waals surface area contributed by atoms with Crippen molar-refractivity contribution >= 4 is 23.1 Å². The van der Waals surface area contributed by atoms with Crippen molar-refractivity contribution in [1.29, 1.82) is 0 Å². The number of carbonyl (C=O) groups excluding carboxylic acids is 1. The standard InChI is InChI=1S/C10H8N2OS/c13-10(8-4-2-1-3-5-8)12-9-6-14-7-11-9/h1-7H,(H,12,13). The van der Waals surface area contributed by atoms with Gasteiger partial charge in [0.2, 0.25) is 0 Å². The first-order chi connectivity index (χ1) is 6.86. The molecule has 14 heavy (non-hydrogen) atoms. The summed E-state index contributed by atoms with van der Waals surface area (Å²) in [6, 6.07) is 9.06. The summed E-state index contributed by atoms with van der Waals surface area (Å²) in [7, 11) is 0. The highest BCUT2D eigenvalue weighted by molar-refractivity contribution is 7.07. The van der Waals surface area contributed by atoms with Crippen LogP contribution in [0.5, 0.6) is 0 Å². The number of anilines is 1. The van der Waals surface area contributed by atoms with E-state index in [9.17, 15) is 4.79 Å². The molecule has 0 saturated carbocycles. The lowest BCUT2D eigenvalue weighted by Crippen LogP contribution is -2.11. The third-order valence-corrected chi connectivity index (χ3v) is 2.30. The molecule has 1 aromatic carbocycles. The zero-order valence-corrected chi connectivity index (χ0v) is 8.12. The van der Waals surface area contributed by atoms with Gasteiger partial charge in [0.15, 0.2) is 0 Å². The summed E-state index contributed by atoms with van der Waals surface area (Å²) in [5, 5.41) is 4.49. The molecule has 0 radical (unpaired) electrons. The Morgan fingerprint density at radius 3 is 2.71 bits per heavy atom. The average molecular weight is 204 g/mol. The number of nitrogens with zero attached hydrogens (tertiary/aromatic N) is 1. The third-order valence-electron chi connectivity index (χ3n) is 1.71. The van der Waals surface area contributed by atoms with Crippen LogP contribution < -0.4 is 5.32 Å². The molecule has 2 aromatic rings. The zero-order chi connectivity index (χ0) is 9.80. The van der Waals surface area contributed by atoms with Gasteiger partial charge in [0.05, 0.1) is 5.51 Å². The maximum absolute atomic E-state index is 11.6. The molecule has 1 heterocycles.